The average molecular weight is 114 g/mol. The fraction of sp³-hybridized carbons (Fsp3) is 0.667. The van der Waals surface area contributed by atoms with E-state index >= 15 is 0 Å². The molecule has 2 heteroatoms. The minimum absolute atomic E-state index is 1.21. The van der Waals surface area contributed by atoms with Crippen LogP contribution in [0.4, 0.5) is 0 Å². The summed E-state index contributed by atoms with van der Waals surface area (Å²) in [6.45, 7) is 2.42. The van der Waals surface area contributed by atoms with Crippen molar-refractivity contribution in [1.29, 1.82) is 0 Å². The average Bonchev–Trinajstić information content (AvgIpc) is 2.24. The molecule has 0 aromatic carbocycles. The quantitative estimate of drug-likeness (QED) is 0.500. The van der Waals surface area contributed by atoms with Crippen LogP contribution in [0.25, 0.3) is 0 Å². The third kappa shape index (κ3) is 2.99. The first kappa shape index (κ1) is 7.92. The minimum atomic E-state index is 1.21. The van der Waals surface area contributed by atoms with Crippen molar-refractivity contribution in [2.24, 2.45) is 5.73 Å². The molecule has 1 heterocycles. The minimum Gasteiger partial charge on any atom is -0.329 e. The lowest BCUT2D eigenvalue weighted by Crippen LogP contribution is -2.07. The van der Waals surface area contributed by atoms with E-state index < -0.39 is 0 Å². The molecular formula is C6H14N2. The number of nitrogens with two attached hydrogens (primary N) is 1. The monoisotopic (exact) mass is 114 g/mol. The number of likely N-dealkylation sites (tertiary alicyclic amines) is 1. The third-order valence-corrected chi connectivity index (χ3v) is 1.20. The zero-order valence-corrected chi connectivity index (χ0v) is 5.27. The molecule has 0 spiro atoms. The predicted molar refractivity (Wildman–Crippen MR) is 35.7 cm³/mol. The van der Waals surface area contributed by atoms with Gasteiger partial charge in [0.2, 0.25) is 0 Å². The second-order valence-electron chi connectivity index (χ2n) is 1.83. The molecule has 2 nitrogen and oxygen atoms in total. The second kappa shape index (κ2) is 5.06. The summed E-state index contributed by atoms with van der Waals surface area (Å²) in [5, 5.41) is 0. The van der Waals surface area contributed by atoms with E-state index in [0.717, 1.165) is 0 Å². The van der Waals surface area contributed by atoms with Gasteiger partial charge in [-0.1, -0.05) is 0 Å². The van der Waals surface area contributed by atoms with Crippen LogP contribution in [0.2, 0.25) is 0 Å². The number of hydrogen-bond acceptors (Lipinski definition) is 2. The molecule has 2 radical (unpaired) electrons. The van der Waals surface area contributed by atoms with E-state index in [1.165, 1.54) is 25.9 Å². The van der Waals surface area contributed by atoms with E-state index in [-0.39, 0.29) is 0 Å². The Balaban J connectivity index is 0.000000222. The molecule has 0 aromatic rings. The normalized spacial score (nSPS) is 19.9. The van der Waals surface area contributed by atoms with Crippen LogP contribution in [0.5, 0.6) is 0 Å². The fourth-order valence-electron chi connectivity index (χ4n) is 0.783. The SMILES string of the molecule is [CH2]N.[CH2]N1CCCC1. The van der Waals surface area contributed by atoms with E-state index in [2.05, 4.69) is 24.7 Å². The summed E-state index contributed by atoms with van der Waals surface area (Å²) in [4.78, 5) is 2.11. The Hall–Kier alpha value is -0.0800. The Bertz CT molecular complexity index is 39.8. The zero-order valence-electron chi connectivity index (χ0n) is 5.27. The lowest BCUT2D eigenvalue weighted by molar-refractivity contribution is 0.462. The standard InChI is InChI=1S/C5H10N.CH4N/c1-6-4-2-3-5-6;1-2/h1-5H2;1-2H2. The van der Waals surface area contributed by atoms with Crippen molar-refractivity contribution >= 4 is 0 Å². The summed E-state index contributed by atoms with van der Waals surface area (Å²) in [7, 11) is 6.52. The number of rotatable bonds is 0. The highest BCUT2D eigenvalue weighted by atomic mass is 15.1. The first-order chi connectivity index (χ1) is 3.89. The number of nitrogens with zero attached hydrogens (tertiary/aromatic N) is 1. The smallest absolute Gasteiger partial charge is 0.0109 e. The van der Waals surface area contributed by atoms with Gasteiger partial charge in [-0.05, 0) is 25.9 Å². The summed E-state index contributed by atoms with van der Waals surface area (Å²) in [5.74, 6) is 0. The Morgan fingerprint density at radius 2 is 1.50 bits per heavy atom. The maximum absolute atomic E-state index is 4.25. The van der Waals surface area contributed by atoms with Crippen LogP contribution in [0.3, 0.4) is 0 Å². The van der Waals surface area contributed by atoms with Gasteiger partial charge in [0.05, 0.1) is 0 Å². The molecule has 1 rings (SSSR count). The van der Waals surface area contributed by atoms with E-state index in [4.69, 9.17) is 0 Å². The van der Waals surface area contributed by atoms with Crippen molar-refractivity contribution < 1.29 is 0 Å². The molecule has 0 aliphatic carbocycles. The van der Waals surface area contributed by atoms with Gasteiger partial charge >= 0.3 is 0 Å². The Morgan fingerprint density at radius 1 is 1.12 bits per heavy atom. The predicted octanol–water partition coefficient (Wildman–Crippen LogP) is 0.610. The maximum atomic E-state index is 4.25. The highest BCUT2D eigenvalue weighted by Gasteiger charge is 2.03. The van der Waals surface area contributed by atoms with Gasteiger partial charge in [0.25, 0.3) is 0 Å². The molecule has 1 aliphatic rings. The summed E-state index contributed by atoms with van der Waals surface area (Å²) in [6.07, 6.45) is 2.70. The van der Waals surface area contributed by atoms with Crippen LogP contribution in [0.15, 0.2) is 0 Å². The molecule has 2 N–H and O–H groups in total. The van der Waals surface area contributed by atoms with Gasteiger partial charge in [0.15, 0.2) is 0 Å². The van der Waals surface area contributed by atoms with Crippen LogP contribution in [-0.4, -0.2) is 18.0 Å². The first-order valence-corrected chi connectivity index (χ1v) is 2.86. The van der Waals surface area contributed by atoms with E-state index in [1.54, 1.807) is 0 Å². The van der Waals surface area contributed by atoms with Gasteiger partial charge in [-0.2, -0.15) is 0 Å². The topological polar surface area (TPSA) is 29.3 Å². The van der Waals surface area contributed by atoms with Crippen molar-refractivity contribution in [1.82, 2.24) is 4.90 Å². The molecule has 0 amide bonds. The van der Waals surface area contributed by atoms with Crippen molar-refractivity contribution in [3.63, 3.8) is 0 Å². The summed E-state index contributed by atoms with van der Waals surface area (Å²) in [5.41, 5.74) is 4.25. The van der Waals surface area contributed by atoms with Crippen LogP contribution >= 0.6 is 0 Å². The molecule has 1 saturated heterocycles. The molecule has 0 aromatic heterocycles. The van der Waals surface area contributed by atoms with E-state index in [1.807, 2.05) is 0 Å². The van der Waals surface area contributed by atoms with E-state index in [9.17, 15) is 0 Å². The summed E-state index contributed by atoms with van der Waals surface area (Å²) >= 11 is 0. The van der Waals surface area contributed by atoms with Gasteiger partial charge in [-0.25, -0.2) is 0 Å². The Morgan fingerprint density at radius 3 is 1.62 bits per heavy atom. The molecule has 0 bridgehead atoms. The van der Waals surface area contributed by atoms with Crippen molar-refractivity contribution in [2.75, 3.05) is 13.1 Å². The highest BCUT2D eigenvalue weighted by Crippen LogP contribution is 2.03. The first-order valence-electron chi connectivity index (χ1n) is 2.86. The second-order valence-corrected chi connectivity index (χ2v) is 1.83. The lowest BCUT2D eigenvalue weighted by Gasteiger charge is -2.00. The van der Waals surface area contributed by atoms with Gasteiger partial charge in [0.1, 0.15) is 0 Å². The fourth-order valence-corrected chi connectivity index (χ4v) is 0.783. The third-order valence-electron chi connectivity index (χ3n) is 1.20. The van der Waals surface area contributed by atoms with Gasteiger partial charge < -0.3 is 10.6 Å². The number of hydrogen-bond donors (Lipinski definition) is 1. The van der Waals surface area contributed by atoms with Crippen LogP contribution in [0.1, 0.15) is 12.8 Å². The van der Waals surface area contributed by atoms with Crippen LogP contribution in [-0.2, 0) is 0 Å². The molecular weight excluding hydrogens is 100 g/mol. The molecule has 0 atom stereocenters. The van der Waals surface area contributed by atoms with Gasteiger partial charge in [0, 0.05) is 14.1 Å². The van der Waals surface area contributed by atoms with Gasteiger partial charge in [-0.15, -0.1) is 0 Å². The largest absolute Gasteiger partial charge is 0.329 e. The van der Waals surface area contributed by atoms with Crippen molar-refractivity contribution in [2.45, 2.75) is 12.8 Å². The summed E-state index contributed by atoms with van der Waals surface area (Å²) < 4.78 is 0. The molecule has 0 saturated carbocycles. The van der Waals surface area contributed by atoms with Crippen molar-refractivity contribution in [3.05, 3.63) is 14.1 Å². The molecule has 8 heavy (non-hydrogen) atoms. The van der Waals surface area contributed by atoms with E-state index in [0.29, 0.717) is 0 Å². The maximum Gasteiger partial charge on any atom is 0.0109 e. The molecule has 0 unspecified atom stereocenters. The molecule has 1 aliphatic heterocycles. The van der Waals surface area contributed by atoms with Crippen molar-refractivity contribution in [3.8, 4) is 0 Å². The molecule has 48 valence electrons. The zero-order chi connectivity index (χ0) is 6.41. The lowest BCUT2D eigenvalue weighted by atomic mass is 10.4. The van der Waals surface area contributed by atoms with Crippen LogP contribution in [0, 0.1) is 14.1 Å². The Labute approximate surface area is 51.7 Å². The Kier molecular flexibility index (Phi) is 5.01. The molecule has 1 fully saturated rings. The highest BCUT2D eigenvalue weighted by molar-refractivity contribution is 4.62. The van der Waals surface area contributed by atoms with Gasteiger partial charge in [-0.3, -0.25) is 0 Å². The summed E-state index contributed by atoms with van der Waals surface area (Å²) in [6, 6.07) is 0. The van der Waals surface area contributed by atoms with Crippen LogP contribution < -0.4 is 5.73 Å².